The lowest BCUT2D eigenvalue weighted by molar-refractivity contribution is -0.870. The van der Waals surface area contributed by atoms with Crippen LogP contribution in [0.25, 0.3) is 0 Å². The summed E-state index contributed by atoms with van der Waals surface area (Å²) in [6.45, 7) is 5.32. The highest BCUT2D eigenvalue weighted by atomic mass is 31.2. The van der Waals surface area contributed by atoms with E-state index in [0.29, 0.717) is 24.1 Å². The van der Waals surface area contributed by atoms with Crippen LogP contribution in [0, 0.1) is 0 Å². The summed E-state index contributed by atoms with van der Waals surface area (Å²) in [5.74, 6) is -0.339. The van der Waals surface area contributed by atoms with Crippen molar-refractivity contribution in [2.24, 2.45) is 0 Å². The van der Waals surface area contributed by atoms with Gasteiger partial charge in [0.1, 0.15) is 19.3 Å². The highest BCUT2D eigenvalue weighted by Crippen LogP contribution is 2.38. The Morgan fingerprint density at radius 2 is 0.817 bits per heavy atom. The van der Waals surface area contributed by atoms with Crippen molar-refractivity contribution in [2.75, 3.05) is 54.1 Å². The first-order chi connectivity index (χ1) is 34.6. The molecule has 0 aromatic heterocycles. The Balaban J connectivity index is 4.08. The Morgan fingerprint density at radius 1 is 0.451 bits per heavy atom. The molecule has 0 saturated carbocycles. The molecule has 2 atom stereocenters. The number of hydrogen-bond donors (Lipinski definition) is 0. The molecule has 0 bridgehead atoms. The maximum Gasteiger partial charge on any atom is 0.306 e. The first-order valence-electron chi connectivity index (χ1n) is 29.7. The molecule has 0 aliphatic carbocycles. The SMILES string of the molecule is CC/C=C\C/C=C\C/C=C\C/C=C\C/C=C\CCCCCCCCCCCC(=O)OC(COCCCCCCCCCCCCCC/C=C\CCCCCCCCCC)COP(=O)([O-])OCC[N+](C)(C)C. The van der Waals surface area contributed by atoms with E-state index in [1.807, 2.05) is 21.1 Å². The number of carbonyl (C=O) groups excluding carboxylic acids is 1. The van der Waals surface area contributed by atoms with Crippen molar-refractivity contribution >= 4 is 13.8 Å². The van der Waals surface area contributed by atoms with Crippen molar-refractivity contribution in [1.29, 1.82) is 0 Å². The predicted octanol–water partition coefficient (Wildman–Crippen LogP) is 18.3. The van der Waals surface area contributed by atoms with E-state index in [2.05, 4.69) is 86.8 Å². The molecule has 0 spiro atoms. The minimum absolute atomic E-state index is 0.0226. The number of quaternary nitrogens is 1. The summed E-state index contributed by atoms with van der Waals surface area (Å²) in [6.07, 6.45) is 72.3. The van der Waals surface area contributed by atoms with Gasteiger partial charge in [0.15, 0.2) is 0 Å². The Morgan fingerprint density at radius 3 is 1.24 bits per heavy atom. The Bertz CT molecular complexity index is 1370. The number of esters is 1. The number of rotatable bonds is 55. The number of hydrogen-bond acceptors (Lipinski definition) is 7. The molecule has 0 N–H and O–H groups in total. The van der Waals surface area contributed by atoms with Crippen LogP contribution in [0.3, 0.4) is 0 Å². The van der Waals surface area contributed by atoms with E-state index in [9.17, 15) is 14.3 Å². The number of likely N-dealkylation sites (N-methyl/N-ethyl adjacent to an activating group) is 1. The normalized spacial score (nSPS) is 13.9. The molecule has 0 radical (unpaired) electrons. The van der Waals surface area contributed by atoms with Crippen LogP contribution in [0.2, 0.25) is 0 Å². The molecule has 2 unspecified atom stereocenters. The van der Waals surface area contributed by atoms with Gasteiger partial charge in [-0.1, -0.05) is 241 Å². The van der Waals surface area contributed by atoms with Gasteiger partial charge in [-0.25, -0.2) is 0 Å². The van der Waals surface area contributed by atoms with E-state index >= 15 is 0 Å². The molecule has 0 rings (SSSR count). The second-order valence-electron chi connectivity index (χ2n) is 21.0. The number of phosphoric acid groups is 1. The van der Waals surface area contributed by atoms with E-state index in [4.69, 9.17) is 18.5 Å². The smallest absolute Gasteiger partial charge is 0.306 e. The summed E-state index contributed by atoms with van der Waals surface area (Å²) >= 11 is 0. The zero-order valence-electron chi connectivity index (χ0n) is 47.2. The summed E-state index contributed by atoms with van der Waals surface area (Å²) in [7, 11) is 1.35. The highest BCUT2D eigenvalue weighted by Gasteiger charge is 2.20. The molecule has 0 heterocycles. The number of allylic oxidation sites excluding steroid dienone is 12. The van der Waals surface area contributed by atoms with E-state index in [0.717, 1.165) is 70.6 Å². The Kier molecular flexibility index (Phi) is 52.6. The third kappa shape index (κ3) is 58.7. The summed E-state index contributed by atoms with van der Waals surface area (Å²) in [5, 5.41) is 0. The highest BCUT2D eigenvalue weighted by molar-refractivity contribution is 7.45. The van der Waals surface area contributed by atoms with Gasteiger partial charge < -0.3 is 27.9 Å². The molecular weight excluding hydrogens is 902 g/mol. The van der Waals surface area contributed by atoms with E-state index in [-0.39, 0.29) is 25.8 Å². The maximum atomic E-state index is 12.8. The lowest BCUT2D eigenvalue weighted by atomic mass is 10.0. The molecule has 414 valence electrons. The second-order valence-corrected chi connectivity index (χ2v) is 22.4. The van der Waals surface area contributed by atoms with Crippen molar-refractivity contribution in [2.45, 2.75) is 264 Å². The lowest BCUT2D eigenvalue weighted by Gasteiger charge is -2.28. The second kappa shape index (κ2) is 54.2. The van der Waals surface area contributed by atoms with Gasteiger partial charge in [0, 0.05) is 13.0 Å². The third-order valence-electron chi connectivity index (χ3n) is 12.7. The van der Waals surface area contributed by atoms with Gasteiger partial charge in [-0.15, -0.1) is 0 Å². The Labute approximate surface area is 440 Å². The summed E-state index contributed by atoms with van der Waals surface area (Å²) < 4.78 is 34.9. The molecule has 0 aliphatic rings. The fraction of sp³-hybridized carbons (Fsp3) is 0.790. The van der Waals surface area contributed by atoms with Crippen LogP contribution in [0.1, 0.15) is 258 Å². The number of phosphoric ester groups is 1. The van der Waals surface area contributed by atoms with Gasteiger partial charge in [0.05, 0.1) is 34.4 Å². The molecule has 0 fully saturated rings. The maximum absolute atomic E-state index is 12.8. The van der Waals surface area contributed by atoms with Crippen molar-refractivity contribution < 1.29 is 37.3 Å². The topological polar surface area (TPSA) is 94.1 Å². The zero-order valence-corrected chi connectivity index (χ0v) is 48.1. The third-order valence-corrected chi connectivity index (χ3v) is 13.7. The minimum atomic E-state index is -4.54. The monoisotopic (exact) mass is 1020 g/mol. The van der Waals surface area contributed by atoms with Gasteiger partial charge in [-0.05, 0) is 83.5 Å². The van der Waals surface area contributed by atoms with E-state index < -0.39 is 13.9 Å². The summed E-state index contributed by atoms with van der Waals surface area (Å²) in [6, 6.07) is 0. The molecular formula is C62H114NO7P. The van der Waals surface area contributed by atoms with Crippen molar-refractivity contribution in [3.63, 3.8) is 0 Å². The van der Waals surface area contributed by atoms with Crippen LogP contribution in [0.4, 0.5) is 0 Å². The van der Waals surface area contributed by atoms with E-state index in [1.165, 1.54) is 167 Å². The van der Waals surface area contributed by atoms with Gasteiger partial charge in [-0.3, -0.25) is 9.36 Å². The van der Waals surface area contributed by atoms with Crippen molar-refractivity contribution in [3.8, 4) is 0 Å². The summed E-state index contributed by atoms with van der Waals surface area (Å²) in [5.41, 5.74) is 0. The average Bonchev–Trinajstić information content (AvgIpc) is 3.33. The fourth-order valence-electron chi connectivity index (χ4n) is 8.22. The van der Waals surface area contributed by atoms with Crippen LogP contribution >= 0.6 is 7.82 Å². The molecule has 8 nitrogen and oxygen atoms in total. The fourth-order valence-corrected chi connectivity index (χ4v) is 8.95. The first-order valence-corrected chi connectivity index (χ1v) is 31.1. The van der Waals surface area contributed by atoms with Crippen LogP contribution in [0.5, 0.6) is 0 Å². The molecule has 0 saturated heterocycles. The zero-order chi connectivity index (χ0) is 51.9. The van der Waals surface area contributed by atoms with Crippen molar-refractivity contribution in [3.05, 3.63) is 72.9 Å². The number of unbranched alkanes of at least 4 members (excludes halogenated alkanes) is 29. The number of carbonyl (C=O) groups is 1. The molecule has 0 aromatic rings. The average molecular weight is 1020 g/mol. The van der Waals surface area contributed by atoms with Crippen molar-refractivity contribution in [1.82, 2.24) is 0 Å². The predicted molar refractivity (Wildman–Crippen MR) is 305 cm³/mol. The first kappa shape index (κ1) is 68.9. The molecule has 9 heteroatoms. The van der Waals surface area contributed by atoms with Crippen LogP contribution in [0.15, 0.2) is 72.9 Å². The van der Waals surface area contributed by atoms with Gasteiger partial charge in [0.2, 0.25) is 0 Å². The number of ether oxygens (including phenoxy) is 2. The van der Waals surface area contributed by atoms with Gasteiger partial charge in [0.25, 0.3) is 7.82 Å². The minimum Gasteiger partial charge on any atom is -0.756 e. The van der Waals surface area contributed by atoms with Gasteiger partial charge >= 0.3 is 5.97 Å². The van der Waals surface area contributed by atoms with Gasteiger partial charge in [-0.2, -0.15) is 0 Å². The van der Waals surface area contributed by atoms with E-state index in [1.54, 1.807) is 0 Å². The van der Waals surface area contributed by atoms with Crippen LogP contribution < -0.4 is 4.89 Å². The Hall–Kier alpha value is -2.06. The quantitative estimate of drug-likeness (QED) is 0.0197. The summed E-state index contributed by atoms with van der Waals surface area (Å²) in [4.78, 5) is 25.3. The lowest BCUT2D eigenvalue weighted by Crippen LogP contribution is -2.37. The number of nitrogens with zero attached hydrogens (tertiary/aromatic N) is 1. The largest absolute Gasteiger partial charge is 0.756 e. The van der Waals surface area contributed by atoms with Crippen LogP contribution in [-0.2, 0) is 27.9 Å². The molecule has 0 aromatic carbocycles. The molecule has 0 aliphatic heterocycles. The molecule has 0 amide bonds. The molecule has 71 heavy (non-hydrogen) atoms. The van der Waals surface area contributed by atoms with Crippen LogP contribution in [-0.4, -0.2) is 70.7 Å². The standard InChI is InChI=1S/C62H114NO7P/c1-6-8-10-12-14-16-18-20-22-24-26-28-30-32-33-35-37-39-41-43-45-47-49-51-53-55-62(64)70-61(60-69-71(65,66)68-58-56-63(3,4)5)59-67-57-54-52-50-48-46-44-42-40-38-36-34-31-29-27-25-23-21-19-17-15-13-11-9-7-2/h8,10,14,16,20,22,25-28,32-33,61H,6-7,9,11-13,15,17-19,21,23-24,29-31,34-60H2,1-5H3/b10-8-,16-14-,22-20-,27-25-,28-26-,33-32-.